The lowest BCUT2D eigenvalue weighted by Crippen LogP contribution is -2.03. The highest BCUT2D eigenvalue weighted by molar-refractivity contribution is 7.85. The Morgan fingerprint density at radius 1 is 1.86 bits per heavy atom. The highest BCUT2D eigenvalue weighted by atomic mass is 32.2. The quantitative estimate of drug-likeness (QED) is 0.495. The summed E-state index contributed by atoms with van der Waals surface area (Å²) in [5, 5.41) is 7.74. The Kier molecular flexibility index (Phi) is 2.61. The fourth-order valence-electron chi connectivity index (χ4n) is 0.0742. The first-order chi connectivity index (χ1) is 3.18. The average Bonchev–Trinajstić information content (AvgIpc) is 1.65. The standard InChI is InChI=1S/C4H7NOS/c1-4(3-5)7(2)6/h4H,1-2H3/t4-,7-/m1/s1. The second kappa shape index (κ2) is 2.75. The number of nitrogens with zero attached hydrogens (tertiary/aromatic N) is 1. The molecule has 2 nitrogen and oxygen atoms in total. The van der Waals surface area contributed by atoms with E-state index in [0.29, 0.717) is 0 Å². The van der Waals surface area contributed by atoms with Crippen LogP contribution in [0.2, 0.25) is 0 Å². The number of hydrogen-bond acceptors (Lipinski definition) is 2. The molecule has 0 radical (unpaired) electrons. The second-order valence-electron chi connectivity index (χ2n) is 1.27. The normalized spacial score (nSPS) is 17.3. The van der Waals surface area contributed by atoms with Crippen LogP contribution in [0, 0.1) is 11.3 Å². The molecule has 0 saturated carbocycles. The van der Waals surface area contributed by atoms with Crippen LogP contribution in [0.3, 0.4) is 0 Å². The Morgan fingerprint density at radius 2 is 2.29 bits per heavy atom. The summed E-state index contributed by atoms with van der Waals surface area (Å²) < 4.78 is 10.3. The first-order valence-electron chi connectivity index (χ1n) is 1.90. The van der Waals surface area contributed by atoms with Crippen molar-refractivity contribution < 1.29 is 4.21 Å². The average molecular weight is 117 g/mol. The van der Waals surface area contributed by atoms with Crippen molar-refractivity contribution in [3.05, 3.63) is 0 Å². The number of rotatable bonds is 1. The van der Waals surface area contributed by atoms with E-state index in [1.165, 1.54) is 6.26 Å². The van der Waals surface area contributed by atoms with E-state index in [1.807, 2.05) is 6.07 Å². The largest absolute Gasteiger partial charge is 0.259 e. The van der Waals surface area contributed by atoms with Gasteiger partial charge in [0.25, 0.3) is 0 Å². The van der Waals surface area contributed by atoms with Gasteiger partial charge in [-0.2, -0.15) is 5.26 Å². The lowest BCUT2D eigenvalue weighted by Gasteiger charge is -1.89. The zero-order valence-electron chi connectivity index (χ0n) is 4.34. The van der Waals surface area contributed by atoms with Gasteiger partial charge in [-0.3, -0.25) is 4.21 Å². The Morgan fingerprint density at radius 3 is 2.29 bits per heavy atom. The van der Waals surface area contributed by atoms with Gasteiger partial charge in [-0.05, 0) is 6.92 Å². The van der Waals surface area contributed by atoms with Crippen LogP contribution >= 0.6 is 0 Å². The summed E-state index contributed by atoms with van der Waals surface area (Å²) in [6, 6.07) is 1.86. The Bertz CT molecular complexity index is 115. The van der Waals surface area contributed by atoms with Crippen LogP contribution in [0.15, 0.2) is 0 Å². The van der Waals surface area contributed by atoms with E-state index in [4.69, 9.17) is 5.26 Å². The summed E-state index contributed by atoms with van der Waals surface area (Å²) in [4.78, 5) is 0. The third kappa shape index (κ3) is 2.35. The van der Waals surface area contributed by atoms with Crippen molar-refractivity contribution >= 4 is 10.8 Å². The SMILES string of the molecule is C[C@H](C#N)[S@@](C)=O. The van der Waals surface area contributed by atoms with E-state index in [0.717, 1.165) is 0 Å². The van der Waals surface area contributed by atoms with Crippen molar-refractivity contribution in [2.24, 2.45) is 0 Å². The maximum absolute atomic E-state index is 10.3. The molecule has 0 aromatic rings. The van der Waals surface area contributed by atoms with Gasteiger partial charge in [0.1, 0.15) is 5.25 Å². The van der Waals surface area contributed by atoms with E-state index in [1.54, 1.807) is 6.92 Å². The Balaban J connectivity index is 3.63. The zero-order valence-corrected chi connectivity index (χ0v) is 5.16. The van der Waals surface area contributed by atoms with Crippen LogP contribution in [0.4, 0.5) is 0 Å². The molecule has 0 bridgehead atoms. The minimum atomic E-state index is -0.971. The minimum Gasteiger partial charge on any atom is -0.259 e. The predicted octanol–water partition coefficient (Wildman–Crippen LogP) is 0.277. The highest BCUT2D eigenvalue weighted by Crippen LogP contribution is 1.86. The lowest BCUT2D eigenvalue weighted by molar-refractivity contribution is 0.684. The number of nitriles is 1. The van der Waals surface area contributed by atoms with Crippen molar-refractivity contribution in [1.82, 2.24) is 0 Å². The van der Waals surface area contributed by atoms with Gasteiger partial charge in [-0.1, -0.05) is 0 Å². The second-order valence-corrected chi connectivity index (χ2v) is 2.97. The minimum absolute atomic E-state index is 0.319. The molecule has 0 aliphatic heterocycles. The third-order valence-electron chi connectivity index (χ3n) is 0.680. The maximum Gasteiger partial charge on any atom is 0.118 e. The molecule has 0 saturated heterocycles. The summed E-state index contributed by atoms with van der Waals surface area (Å²) in [6.07, 6.45) is 1.52. The number of hydrogen-bond donors (Lipinski definition) is 0. The summed E-state index contributed by atoms with van der Waals surface area (Å²) in [7, 11) is -0.971. The molecule has 7 heavy (non-hydrogen) atoms. The molecule has 0 aromatic heterocycles. The molecule has 40 valence electrons. The fourth-order valence-corrected chi connectivity index (χ4v) is 0.223. The monoisotopic (exact) mass is 117 g/mol. The maximum atomic E-state index is 10.3. The van der Waals surface area contributed by atoms with Crippen LogP contribution in [0.1, 0.15) is 6.92 Å². The molecule has 0 aromatic carbocycles. The van der Waals surface area contributed by atoms with E-state index >= 15 is 0 Å². The van der Waals surface area contributed by atoms with Gasteiger partial charge in [0.05, 0.1) is 6.07 Å². The zero-order chi connectivity index (χ0) is 5.86. The van der Waals surface area contributed by atoms with Crippen LogP contribution in [0.25, 0.3) is 0 Å². The topological polar surface area (TPSA) is 40.9 Å². The van der Waals surface area contributed by atoms with Gasteiger partial charge in [0.15, 0.2) is 0 Å². The van der Waals surface area contributed by atoms with Gasteiger partial charge in [0, 0.05) is 17.1 Å². The smallest absolute Gasteiger partial charge is 0.118 e. The molecule has 2 atom stereocenters. The molecule has 0 heterocycles. The fraction of sp³-hybridized carbons (Fsp3) is 0.750. The Hall–Kier alpha value is -0.360. The van der Waals surface area contributed by atoms with Gasteiger partial charge >= 0.3 is 0 Å². The van der Waals surface area contributed by atoms with Crippen molar-refractivity contribution in [3.63, 3.8) is 0 Å². The first kappa shape index (κ1) is 6.64. The van der Waals surface area contributed by atoms with Crippen LogP contribution in [0.5, 0.6) is 0 Å². The van der Waals surface area contributed by atoms with Gasteiger partial charge in [0.2, 0.25) is 0 Å². The van der Waals surface area contributed by atoms with Crippen LogP contribution in [-0.4, -0.2) is 15.7 Å². The molecule has 0 N–H and O–H groups in total. The molecule has 0 unspecified atom stereocenters. The van der Waals surface area contributed by atoms with Gasteiger partial charge in [-0.15, -0.1) is 0 Å². The molecular weight excluding hydrogens is 110 g/mol. The van der Waals surface area contributed by atoms with Crippen LogP contribution < -0.4 is 0 Å². The summed E-state index contributed by atoms with van der Waals surface area (Å²) in [5.74, 6) is 0. The first-order valence-corrected chi connectivity index (χ1v) is 3.52. The molecule has 0 fully saturated rings. The van der Waals surface area contributed by atoms with E-state index in [9.17, 15) is 4.21 Å². The molecule has 0 rings (SSSR count). The summed E-state index contributed by atoms with van der Waals surface area (Å²) >= 11 is 0. The van der Waals surface area contributed by atoms with Crippen molar-refractivity contribution in [2.75, 3.05) is 6.26 Å². The third-order valence-corrected chi connectivity index (χ3v) is 1.78. The van der Waals surface area contributed by atoms with Crippen LogP contribution in [-0.2, 0) is 10.8 Å². The van der Waals surface area contributed by atoms with E-state index < -0.39 is 10.8 Å². The molecule has 0 amide bonds. The van der Waals surface area contributed by atoms with E-state index in [-0.39, 0.29) is 5.25 Å². The molecule has 0 aliphatic rings. The molecular formula is C4H7NOS. The van der Waals surface area contributed by atoms with Crippen molar-refractivity contribution in [3.8, 4) is 6.07 Å². The summed E-state index contributed by atoms with van der Waals surface area (Å²) in [6.45, 7) is 1.64. The summed E-state index contributed by atoms with van der Waals surface area (Å²) in [5.41, 5.74) is 0. The predicted molar refractivity (Wildman–Crippen MR) is 29.1 cm³/mol. The Labute approximate surface area is 45.6 Å². The highest BCUT2D eigenvalue weighted by Gasteiger charge is 1.99. The molecule has 3 heteroatoms. The lowest BCUT2D eigenvalue weighted by atomic mass is 10.5. The van der Waals surface area contributed by atoms with Gasteiger partial charge in [-0.25, -0.2) is 0 Å². The van der Waals surface area contributed by atoms with E-state index in [2.05, 4.69) is 0 Å². The van der Waals surface area contributed by atoms with Crippen molar-refractivity contribution in [2.45, 2.75) is 12.2 Å². The molecule has 0 spiro atoms. The van der Waals surface area contributed by atoms with Crippen molar-refractivity contribution in [1.29, 1.82) is 5.26 Å². The molecule has 0 aliphatic carbocycles. The van der Waals surface area contributed by atoms with Gasteiger partial charge < -0.3 is 0 Å².